The molecule has 2 unspecified atom stereocenters. The van der Waals surface area contributed by atoms with Crippen molar-refractivity contribution in [2.75, 3.05) is 0 Å². The zero-order chi connectivity index (χ0) is 14.8. The standard InChI is InChI=1S/C18H30N2/c1-13(18(2,3)4)12-17(20-19)16-10-8-15(9-11-16)14-6-5-7-14/h8-11,13-14,17,20H,5-7,12,19H2,1-4H3. The summed E-state index contributed by atoms with van der Waals surface area (Å²) in [6.07, 6.45) is 5.18. The molecule has 20 heavy (non-hydrogen) atoms. The minimum atomic E-state index is 0.250. The van der Waals surface area contributed by atoms with Crippen LogP contribution in [0.5, 0.6) is 0 Å². The molecule has 2 heteroatoms. The van der Waals surface area contributed by atoms with Gasteiger partial charge in [-0.15, -0.1) is 0 Å². The van der Waals surface area contributed by atoms with E-state index in [1.165, 1.54) is 30.4 Å². The van der Waals surface area contributed by atoms with E-state index in [4.69, 9.17) is 5.84 Å². The first-order valence-corrected chi connectivity index (χ1v) is 7.98. The molecule has 0 aliphatic heterocycles. The second kappa shape index (κ2) is 6.28. The molecule has 3 N–H and O–H groups in total. The summed E-state index contributed by atoms with van der Waals surface area (Å²) in [5.41, 5.74) is 6.13. The Hall–Kier alpha value is -0.860. The van der Waals surface area contributed by atoms with Gasteiger partial charge in [0.05, 0.1) is 0 Å². The first-order valence-electron chi connectivity index (χ1n) is 7.98. The summed E-state index contributed by atoms with van der Waals surface area (Å²) in [6.45, 7) is 9.20. The topological polar surface area (TPSA) is 38.0 Å². The molecule has 2 rings (SSSR count). The zero-order valence-electron chi connectivity index (χ0n) is 13.4. The largest absolute Gasteiger partial charge is 0.271 e. The molecule has 0 spiro atoms. The fraction of sp³-hybridized carbons (Fsp3) is 0.667. The Balaban J connectivity index is 2.03. The molecule has 0 amide bonds. The maximum absolute atomic E-state index is 5.78. The molecular weight excluding hydrogens is 244 g/mol. The van der Waals surface area contributed by atoms with Gasteiger partial charge in [-0.3, -0.25) is 11.3 Å². The molecular formula is C18H30N2. The Morgan fingerprint density at radius 1 is 1.20 bits per heavy atom. The zero-order valence-corrected chi connectivity index (χ0v) is 13.4. The van der Waals surface area contributed by atoms with E-state index in [1.54, 1.807) is 0 Å². The number of benzene rings is 1. The first-order chi connectivity index (χ1) is 9.41. The van der Waals surface area contributed by atoms with E-state index in [1.807, 2.05) is 0 Å². The van der Waals surface area contributed by atoms with Crippen LogP contribution < -0.4 is 11.3 Å². The smallest absolute Gasteiger partial charge is 0.0462 e. The van der Waals surface area contributed by atoms with Crippen LogP contribution in [0.15, 0.2) is 24.3 Å². The Kier molecular flexibility index (Phi) is 4.87. The van der Waals surface area contributed by atoms with E-state index in [0.29, 0.717) is 11.3 Å². The summed E-state index contributed by atoms with van der Waals surface area (Å²) in [6, 6.07) is 9.36. The molecule has 1 aromatic carbocycles. The van der Waals surface area contributed by atoms with Gasteiger partial charge in [0.25, 0.3) is 0 Å². The lowest BCUT2D eigenvalue weighted by Crippen LogP contribution is -2.32. The number of hydrogen-bond donors (Lipinski definition) is 2. The highest BCUT2D eigenvalue weighted by Gasteiger charge is 2.24. The van der Waals surface area contributed by atoms with E-state index in [-0.39, 0.29) is 6.04 Å². The lowest BCUT2D eigenvalue weighted by Gasteiger charge is -2.31. The van der Waals surface area contributed by atoms with Gasteiger partial charge in [-0.25, -0.2) is 0 Å². The summed E-state index contributed by atoms with van der Waals surface area (Å²) in [5, 5.41) is 0. The van der Waals surface area contributed by atoms with Gasteiger partial charge in [-0.05, 0) is 47.6 Å². The molecule has 1 aliphatic rings. The van der Waals surface area contributed by atoms with Gasteiger partial charge in [0.15, 0.2) is 0 Å². The normalized spacial score (nSPS) is 19.4. The predicted molar refractivity (Wildman–Crippen MR) is 86.3 cm³/mol. The molecule has 1 aliphatic carbocycles. The van der Waals surface area contributed by atoms with Gasteiger partial charge in [0, 0.05) is 6.04 Å². The second-order valence-electron chi connectivity index (χ2n) is 7.52. The van der Waals surface area contributed by atoms with Crippen molar-refractivity contribution in [3.8, 4) is 0 Å². The molecule has 112 valence electrons. The number of nitrogens with two attached hydrogens (primary N) is 1. The van der Waals surface area contributed by atoms with Crippen molar-refractivity contribution in [2.45, 2.75) is 65.3 Å². The highest BCUT2D eigenvalue weighted by atomic mass is 15.2. The summed E-state index contributed by atoms with van der Waals surface area (Å²) in [4.78, 5) is 0. The summed E-state index contributed by atoms with van der Waals surface area (Å²) in [7, 11) is 0. The summed E-state index contributed by atoms with van der Waals surface area (Å²) in [5.74, 6) is 7.21. The van der Waals surface area contributed by atoms with E-state index in [0.717, 1.165) is 12.3 Å². The van der Waals surface area contributed by atoms with Crippen molar-refractivity contribution < 1.29 is 0 Å². The Morgan fingerprint density at radius 2 is 1.80 bits per heavy atom. The number of rotatable bonds is 5. The molecule has 0 bridgehead atoms. The van der Waals surface area contributed by atoms with Crippen molar-refractivity contribution in [1.29, 1.82) is 0 Å². The van der Waals surface area contributed by atoms with Gasteiger partial charge >= 0.3 is 0 Å². The molecule has 1 aromatic rings. The molecule has 1 fully saturated rings. The van der Waals surface area contributed by atoms with Gasteiger partial charge in [-0.2, -0.15) is 0 Å². The van der Waals surface area contributed by atoms with Crippen LogP contribution in [0.25, 0.3) is 0 Å². The lowest BCUT2D eigenvalue weighted by atomic mass is 9.77. The monoisotopic (exact) mass is 274 g/mol. The quantitative estimate of drug-likeness (QED) is 0.611. The Bertz CT molecular complexity index is 412. The lowest BCUT2D eigenvalue weighted by molar-refractivity contribution is 0.223. The second-order valence-corrected chi connectivity index (χ2v) is 7.52. The average molecular weight is 274 g/mol. The molecule has 2 nitrogen and oxygen atoms in total. The predicted octanol–water partition coefficient (Wildman–Crippen LogP) is 4.53. The maximum atomic E-state index is 5.78. The van der Waals surface area contributed by atoms with Crippen molar-refractivity contribution >= 4 is 0 Å². The van der Waals surface area contributed by atoms with Crippen molar-refractivity contribution in [2.24, 2.45) is 17.2 Å². The third-order valence-corrected chi connectivity index (χ3v) is 5.18. The van der Waals surface area contributed by atoms with Crippen LogP contribution in [0.2, 0.25) is 0 Å². The van der Waals surface area contributed by atoms with E-state index in [2.05, 4.69) is 57.4 Å². The fourth-order valence-corrected chi connectivity index (χ4v) is 2.75. The Labute approximate surface area is 124 Å². The molecule has 1 saturated carbocycles. The summed E-state index contributed by atoms with van der Waals surface area (Å²) < 4.78 is 0. The average Bonchev–Trinajstić information content (AvgIpc) is 2.33. The van der Waals surface area contributed by atoms with Crippen LogP contribution in [0.3, 0.4) is 0 Å². The van der Waals surface area contributed by atoms with Crippen LogP contribution in [0, 0.1) is 11.3 Å². The van der Waals surface area contributed by atoms with Crippen LogP contribution in [-0.2, 0) is 0 Å². The number of nitrogens with one attached hydrogen (secondary N) is 1. The van der Waals surface area contributed by atoms with Gasteiger partial charge < -0.3 is 0 Å². The van der Waals surface area contributed by atoms with Crippen LogP contribution in [0.1, 0.15) is 76.5 Å². The first kappa shape index (κ1) is 15.5. The van der Waals surface area contributed by atoms with Crippen LogP contribution >= 0.6 is 0 Å². The number of hydrazine groups is 1. The highest BCUT2D eigenvalue weighted by molar-refractivity contribution is 5.28. The van der Waals surface area contributed by atoms with E-state index in [9.17, 15) is 0 Å². The minimum absolute atomic E-state index is 0.250. The highest BCUT2D eigenvalue weighted by Crippen LogP contribution is 2.37. The van der Waals surface area contributed by atoms with Crippen molar-refractivity contribution in [1.82, 2.24) is 5.43 Å². The van der Waals surface area contributed by atoms with E-state index >= 15 is 0 Å². The molecule has 0 aromatic heterocycles. The molecule has 0 radical (unpaired) electrons. The summed E-state index contributed by atoms with van der Waals surface area (Å²) >= 11 is 0. The van der Waals surface area contributed by atoms with Crippen LogP contribution in [-0.4, -0.2) is 0 Å². The maximum Gasteiger partial charge on any atom is 0.0462 e. The SMILES string of the molecule is CC(CC(NN)c1ccc(C2CCC2)cc1)C(C)(C)C. The minimum Gasteiger partial charge on any atom is -0.271 e. The number of hydrogen-bond acceptors (Lipinski definition) is 2. The molecule has 2 atom stereocenters. The van der Waals surface area contributed by atoms with Gasteiger partial charge in [0.2, 0.25) is 0 Å². The molecule has 0 heterocycles. The molecule has 0 saturated heterocycles. The third kappa shape index (κ3) is 3.62. The Morgan fingerprint density at radius 3 is 2.20 bits per heavy atom. The van der Waals surface area contributed by atoms with Crippen molar-refractivity contribution in [3.05, 3.63) is 35.4 Å². The van der Waals surface area contributed by atoms with Crippen LogP contribution in [0.4, 0.5) is 0 Å². The van der Waals surface area contributed by atoms with Gasteiger partial charge in [0.1, 0.15) is 0 Å². The van der Waals surface area contributed by atoms with Gasteiger partial charge in [-0.1, -0.05) is 58.4 Å². The third-order valence-electron chi connectivity index (χ3n) is 5.18. The van der Waals surface area contributed by atoms with Crippen molar-refractivity contribution in [3.63, 3.8) is 0 Å². The fourth-order valence-electron chi connectivity index (χ4n) is 2.75. The van der Waals surface area contributed by atoms with E-state index < -0.39 is 0 Å².